The first kappa shape index (κ1) is 12.0. The monoisotopic (exact) mass is 232 g/mol. The zero-order chi connectivity index (χ0) is 12.7. The molecule has 0 amide bonds. The van der Waals surface area contributed by atoms with Crippen molar-refractivity contribution in [3.8, 4) is 0 Å². The van der Waals surface area contributed by atoms with Crippen molar-refractivity contribution in [1.29, 1.82) is 0 Å². The Labute approximate surface area is 102 Å². The first-order valence-corrected chi connectivity index (χ1v) is 6.15. The van der Waals surface area contributed by atoms with Crippen molar-refractivity contribution in [2.45, 2.75) is 39.7 Å². The maximum absolute atomic E-state index is 12.2. The van der Waals surface area contributed by atoms with Gasteiger partial charge in [-0.1, -0.05) is 26.0 Å². The van der Waals surface area contributed by atoms with Crippen LogP contribution in [0.1, 0.15) is 45.2 Å². The maximum atomic E-state index is 12.2. The molecule has 0 unspecified atom stereocenters. The topological polar surface area (TPSA) is 26.9 Å². The van der Waals surface area contributed by atoms with Crippen LogP contribution in [-0.2, 0) is 7.05 Å². The fraction of sp³-hybridized carbons (Fsp3) is 0.500. The van der Waals surface area contributed by atoms with Crippen LogP contribution < -0.4 is 5.69 Å². The molecule has 0 aliphatic carbocycles. The highest BCUT2D eigenvalue weighted by Gasteiger charge is 2.16. The number of rotatable bonds is 2. The molecule has 0 aliphatic rings. The van der Waals surface area contributed by atoms with E-state index in [4.69, 9.17) is 0 Å². The first-order valence-electron chi connectivity index (χ1n) is 6.15. The molecule has 92 valence electrons. The van der Waals surface area contributed by atoms with Gasteiger partial charge in [-0.25, -0.2) is 4.79 Å². The fourth-order valence-corrected chi connectivity index (χ4v) is 2.43. The van der Waals surface area contributed by atoms with E-state index in [2.05, 4.69) is 19.9 Å². The van der Waals surface area contributed by atoms with Crippen LogP contribution in [0.5, 0.6) is 0 Å². The third kappa shape index (κ3) is 1.70. The molecular weight excluding hydrogens is 212 g/mol. The second kappa shape index (κ2) is 4.06. The number of benzene rings is 1. The molecule has 0 atom stereocenters. The quantitative estimate of drug-likeness (QED) is 0.781. The van der Waals surface area contributed by atoms with Crippen LogP contribution in [0.25, 0.3) is 11.0 Å². The van der Waals surface area contributed by atoms with Crippen molar-refractivity contribution in [3.63, 3.8) is 0 Å². The summed E-state index contributed by atoms with van der Waals surface area (Å²) in [5.41, 5.74) is 3.42. The highest BCUT2D eigenvalue weighted by atomic mass is 16.1. The van der Waals surface area contributed by atoms with Crippen LogP contribution in [0, 0.1) is 0 Å². The Morgan fingerprint density at radius 1 is 1.12 bits per heavy atom. The number of imidazole rings is 1. The molecule has 0 saturated carbocycles. The Hall–Kier alpha value is -1.51. The molecule has 2 aromatic rings. The van der Waals surface area contributed by atoms with E-state index in [1.54, 1.807) is 4.57 Å². The molecule has 3 nitrogen and oxygen atoms in total. The van der Waals surface area contributed by atoms with Crippen LogP contribution in [-0.4, -0.2) is 9.13 Å². The van der Waals surface area contributed by atoms with Gasteiger partial charge in [0.25, 0.3) is 0 Å². The van der Waals surface area contributed by atoms with Gasteiger partial charge in [0, 0.05) is 13.1 Å². The number of nitrogens with zero attached hydrogens (tertiary/aromatic N) is 2. The van der Waals surface area contributed by atoms with E-state index in [0.717, 1.165) is 11.0 Å². The molecule has 0 fully saturated rings. The highest BCUT2D eigenvalue weighted by molar-refractivity contribution is 5.80. The molecule has 3 heteroatoms. The van der Waals surface area contributed by atoms with Gasteiger partial charge in [0.1, 0.15) is 0 Å². The van der Waals surface area contributed by atoms with Crippen LogP contribution in [0.3, 0.4) is 0 Å². The normalized spacial score (nSPS) is 11.9. The molecule has 1 aromatic heterocycles. The van der Waals surface area contributed by atoms with Crippen LogP contribution in [0.2, 0.25) is 0 Å². The van der Waals surface area contributed by atoms with Gasteiger partial charge in [0.15, 0.2) is 0 Å². The van der Waals surface area contributed by atoms with Crippen molar-refractivity contribution in [2.24, 2.45) is 7.05 Å². The Balaban J connectivity index is 2.94. The predicted octanol–water partition coefficient (Wildman–Crippen LogP) is 3.04. The Bertz CT molecular complexity index is 602. The van der Waals surface area contributed by atoms with Crippen LogP contribution in [0.15, 0.2) is 23.0 Å². The van der Waals surface area contributed by atoms with Crippen molar-refractivity contribution in [2.75, 3.05) is 0 Å². The van der Waals surface area contributed by atoms with E-state index >= 15 is 0 Å². The summed E-state index contributed by atoms with van der Waals surface area (Å²) in [6, 6.07) is 6.36. The number of hydrogen-bond acceptors (Lipinski definition) is 1. The smallest absolute Gasteiger partial charge is 0.295 e. The second-order valence-electron chi connectivity index (χ2n) is 5.18. The molecule has 1 heterocycles. The molecule has 0 spiro atoms. The lowest BCUT2D eigenvalue weighted by atomic mass is 10.0. The summed E-state index contributed by atoms with van der Waals surface area (Å²) in [6.45, 7) is 8.41. The van der Waals surface area contributed by atoms with Gasteiger partial charge in [-0.3, -0.25) is 9.13 Å². The number of aryl methyl sites for hydroxylation is 1. The average Bonchev–Trinajstić information content (AvgIpc) is 2.51. The van der Waals surface area contributed by atoms with Crippen LogP contribution in [0.4, 0.5) is 0 Å². The van der Waals surface area contributed by atoms with Crippen molar-refractivity contribution >= 4 is 11.0 Å². The van der Waals surface area contributed by atoms with Gasteiger partial charge in [0.05, 0.1) is 11.0 Å². The highest BCUT2D eigenvalue weighted by Crippen LogP contribution is 2.25. The lowest BCUT2D eigenvalue weighted by Gasteiger charge is -2.10. The Morgan fingerprint density at radius 2 is 1.76 bits per heavy atom. The van der Waals surface area contributed by atoms with Crippen molar-refractivity contribution in [1.82, 2.24) is 9.13 Å². The fourth-order valence-electron chi connectivity index (χ4n) is 2.43. The van der Waals surface area contributed by atoms with Gasteiger partial charge in [-0.05, 0) is 31.4 Å². The van der Waals surface area contributed by atoms with E-state index < -0.39 is 0 Å². The third-order valence-corrected chi connectivity index (χ3v) is 3.27. The lowest BCUT2D eigenvalue weighted by molar-refractivity contribution is 0.583. The van der Waals surface area contributed by atoms with E-state index in [0.29, 0.717) is 5.92 Å². The van der Waals surface area contributed by atoms with Crippen molar-refractivity contribution in [3.05, 3.63) is 34.2 Å². The largest absolute Gasteiger partial charge is 0.329 e. The molecule has 17 heavy (non-hydrogen) atoms. The third-order valence-electron chi connectivity index (χ3n) is 3.27. The van der Waals surface area contributed by atoms with Gasteiger partial charge in [-0.2, -0.15) is 0 Å². The zero-order valence-corrected chi connectivity index (χ0v) is 11.2. The van der Waals surface area contributed by atoms with Gasteiger partial charge < -0.3 is 0 Å². The molecule has 0 radical (unpaired) electrons. The van der Waals surface area contributed by atoms with E-state index in [1.807, 2.05) is 37.6 Å². The Morgan fingerprint density at radius 3 is 2.29 bits per heavy atom. The minimum atomic E-state index is 0.0723. The van der Waals surface area contributed by atoms with Crippen molar-refractivity contribution < 1.29 is 0 Å². The van der Waals surface area contributed by atoms with Gasteiger partial charge in [-0.15, -0.1) is 0 Å². The minimum absolute atomic E-state index is 0.0723. The molecule has 0 aliphatic heterocycles. The zero-order valence-electron chi connectivity index (χ0n) is 11.2. The summed E-state index contributed by atoms with van der Waals surface area (Å²) >= 11 is 0. The SMILES string of the molecule is CC(C)c1cccc2c1n(C)c(=O)n2C(C)C. The molecule has 1 aromatic carbocycles. The summed E-state index contributed by atoms with van der Waals surface area (Å²) in [5, 5.41) is 0. The summed E-state index contributed by atoms with van der Waals surface area (Å²) in [7, 11) is 1.86. The number of hydrogen-bond donors (Lipinski definition) is 0. The van der Waals surface area contributed by atoms with E-state index in [1.165, 1.54) is 5.56 Å². The van der Waals surface area contributed by atoms with E-state index in [-0.39, 0.29) is 11.7 Å². The summed E-state index contributed by atoms with van der Waals surface area (Å²) in [6.07, 6.45) is 0. The lowest BCUT2D eigenvalue weighted by Crippen LogP contribution is -2.23. The minimum Gasteiger partial charge on any atom is -0.295 e. The molecule has 0 bridgehead atoms. The number of aromatic nitrogens is 2. The standard InChI is InChI=1S/C14H20N2O/c1-9(2)11-7-6-8-12-13(11)15(5)14(17)16(12)10(3)4/h6-10H,1-5H3. The second-order valence-corrected chi connectivity index (χ2v) is 5.18. The maximum Gasteiger partial charge on any atom is 0.329 e. The molecule has 0 saturated heterocycles. The first-order chi connectivity index (χ1) is 7.95. The summed E-state index contributed by atoms with van der Waals surface area (Å²) in [4.78, 5) is 12.2. The molecule has 2 rings (SSSR count). The van der Waals surface area contributed by atoms with E-state index in [9.17, 15) is 4.79 Å². The Kier molecular flexibility index (Phi) is 2.86. The van der Waals surface area contributed by atoms with Crippen LogP contribution >= 0.6 is 0 Å². The summed E-state index contributed by atoms with van der Waals surface area (Å²) < 4.78 is 3.63. The average molecular weight is 232 g/mol. The summed E-state index contributed by atoms with van der Waals surface area (Å²) in [5.74, 6) is 0.423. The predicted molar refractivity (Wildman–Crippen MR) is 71.7 cm³/mol. The van der Waals surface area contributed by atoms with Gasteiger partial charge >= 0.3 is 5.69 Å². The molecular formula is C14H20N2O. The molecule has 0 N–H and O–H groups in total. The number of fused-ring (bicyclic) bond motifs is 1. The van der Waals surface area contributed by atoms with Gasteiger partial charge in [0.2, 0.25) is 0 Å². The number of para-hydroxylation sites is 1.